The number of benzene rings is 4. The molecule has 0 saturated heterocycles. The van der Waals surface area contributed by atoms with Crippen molar-refractivity contribution < 1.29 is 4.74 Å². The first-order valence-corrected chi connectivity index (χ1v) is 17.5. The van der Waals surface area contributed by atoms with Crippen LogP contribution in [0.1, 0.15) is 101 Å². The first-order chi connectivity index (χ1) is 21.6. The molecule has 0 aromatic heterocycles. The Bertz CT molecular complexity index is 1550. The number of fused-ring (bicyclic) bond motifs is 4. The molecular formula is C44H50O. The highest BCUT2D eigenvalue weighted by Gasteiger charge is 2.81. The Balaban J connectivity index is 1.50. The van der Waals surface area contributed by atoms with Gasteiger partial charge in [0.15, 0.2) is 0 Å². The van der Waals surface area contributed by atoms with Gasteiger partial charge in [-0.05, 0) is 70.6 Å². The van der Waals surface area contributed by atoms with Gasteiger partial charge in [-0.15, -0.1) is 0 Å². The Kier molecular flexibility index (Phi) is 6.29. The molecule has 4 aromatic carbocycles. The predicted octanol–water partition coefficient (Wildman–Crippen LogP) is 11.3. The molecule has 4 bridgehead atoms. The van der Waals surface area contributed by atoms with Crippen LogP contribution in [0.4, 0.5) is 0 Å². The highest BCUT2D eigenvalue weighted by Crippen LogP contribution is 2.84. The van der Waals surface area contributed by atoms with E-state index in [4.69, 9.17) is 4.74 Å². The molecule has 8 unspecified atom stereocenters. The van der Waals surface area contributed by atoms with Crippen LogP contribution in [0.25, 0.3) is 0 Å². The molecule has 0 amide bonds. The summed E-state index contributed by atoms with van der Waals surface area (Å²) in [6.45, 7) is 15.4. The van der Waals surface area contributed by atoms with Crippen LogP contribution >= 0.6 is 0 Å². The molecule has 4 saturated carbocycles. The molecule has 232 valence electrons. The molecule has 0 aliphatic heterocycles. The van der Waals surface area contributed by atoms with Crippen LogP contribution in [0.15, 0.2) is 121 Å². The fraction of sp³-hybridized carbons (Fsp3) is 0.455. The van der Waals surface area contributed by atoms with Gasteiger partial charge in [0.25, 0.3) is 0 Å². The second-order valence-electron chi connectivity index (χ2n) is 16.5. The second-order valence-corrected chi connectivity index (χ2v) is 16.5. The number of hydrogen-bond donors (Lipinski definition) is 0. The molecular weight excluding hydrogens is 544 g/mol. The topological polar surface area (TPSA) is 9.23 Å². The largest absolute Gasteiger partial charge is 0.357 e. The lowest BCUT2D eigenvalue weighted by Gasteiger charge is -2.61. The van der Waals surface area contributed by atoms with Gasteiger partial charge in [-0.25, -0.2) is 0 Å². The third-order valence-electron chi connectivity index (χ3n) is 15.0. The summed E-state index contributed by atoms with van der Waals surface area (Å²) in [5.41, 5.74) is 4.56. The summed E-state index contributed by atoms with van der Waals surface area (Å²) in [6.07, 6.45) is 4.83. The zero-order valence-electron chi connectivity index (χ0n) is 28.1. The molecule has 45 heavy (non-hydrogen) atoms. The van der Waals surface area contributed by atoms with Crippen molar-refractivity contribution in [1.82, 2.24) is 0 Å². The van der Waals surface area contributed by atoms with Gasteiger partial charge in [0.1, 0.15) is 11.2 Å². The molecule has 4 fully saturated rings. The van der Waals surface area contributed by atoms with Crippen molar-refractivity contribution in [2.24, 2.45) is 33.5 Å². The minimum Gasteiger partial charge on any atom is -0.357 e. The van der Waals surface area contributed by atoms with Crippen LogP contribution in [-0.2, 0) is 15.9 Å². The summed E-state index contributed by atoms with van der Waals surface area (Å²) in [7, 11) is 0. The molecule has 1 heteroatoms. The maximum absolute atomic E-state index is 8.80. The van der Waals surface area contributed by atoms with Crippen molar-refractivity contribution in [2.45, 2.75) is 90.3 Å². The van der Waals surface area contributed by atoms with Gasteiger partial charge in [0, 0.05) is 22.7 Å². The number of hydrogen-bond acceptors (Lipinski definition) is 1. The van der Waals surface area contributed by atoms with E-state index in [9.17, 15) is 0 Å². The van der Waals surface area contributed by atoms with Crippen molar-refractivity contribution in [3.05, 3.63) is 144 Å². The van der Waals surface area contributed by atoms with Crippen LogP contribution in [0.5, 0.6) is 0 Å². The molecule has 1 nitrogen and oxygen atoms in total. The van der Waals surface area contributed by atoms with E-state index in [0.29, 0.717) is 11.8 Å². The van der Waals surface area contributed by atoms with Gasteiger partial charge < -0.3 is 4.74 Å². The SMILES string of the molecule is CC1(C)C2CCC1(C)C(OC1(c3ccccc3)C(c3ccccc3)C3CCC1(C)C3(C)C)(c1ccccc1)C2c1ccccc1. The van der Waals surface area contributed by atoms with Gasteiger partial charge in [-0.1, -0.05) is 163 Å². The van der Waals surface area contributed by atoms with Crippen LogP contribution in [-0.4, -0.2) is 0 Å². The summed E-state index contributed by atoms with van der Waals surface area (Å²) in [4.78, 5) is 0. The van der Waals surface area contributed by atoms with Crippen LogP contribution < -0.4 is 0 Å². The maximum Gasteiger partial charge on any atom is 0.107 e. The zero-order valence-corrected chi connectivity index (χ0v) is 28.1. The molecule has 8 rings (SSSR count). The van der Waals surface area contributed by atoms with Crippen molar-refractivity contribution in [1.29, 1.82) is 0 Å². The average Bonchev–Trinajstić information content (AvgIpc) is 3.56. The lowest BCUT2D eigenvalue weighted by molar-refractivity contribution is -0.280. The summed E-state index contributed by atoms with van der Waals surface area (Å²) < 4.78 is 8.80. The first-order valence-electron chi connectivity index (χ1n) is 17.5. The smallest absolute Gasteiger partial charge is 0.107 e. The van der Waals surface area contributed by atoms with Crippen LogP contribution in [0.2, 0.25) is 0 Å². The Labute approximate surface area is 271 Å². The van der Waals surface area contributed by atoms with E-state index < -0.39 is 11.2 Å². The highest BCUT2D eigenvalue weighted by molar-refractivity contribution is 5.47. The molecule has 0 spiro atoms. The van der Waals surface area contributed by atoms with Gasteiger partial charge in [0.05, 0.1) is 0 Å². The summed E-state index contributed by atoms with van der Waals surface area (Å²) in [6, 6.07) is 45.8. The predicted molar refractivity (Wildman–Crippen MR) is 185 cm³/mol. The molecule has 0 N–H and O–H groups in total. The summed E-state index contributed by atoms with van der Waals surface area (Å²) in [5, 5.41) is 0. The van der Waals surface area contributed by atoms with Crippen molar-refractivity contribution >= 4 is 0 Å². The third-order valence-corrected chi connectivity index (χ3v) is 15.0. The number of rotatable bonds is 6. The van der Waals surface area contributed by atoms with Gasteiger partial charge in [-0.2, -0.15) is 0 Å². The van der Waals surface area contributed by atoms with E-state index in [-0.39, 0.29) is 33.5 Å². The van der Waals surface area contributed by atoms with Gasteiger partial charge >= 0.3 is 0 Å². The van der Waals surface area contributed by atoms with Crippen LogP contribution in [0.3, 0.4) is 0 Å². The average molecular weight is 595 g/mol. The van der Waals surface area contributed by atoms with E-state index in [1.807, 2.05) is 0 Å². The van der Waals surface area contributed by atoms with E-state index in [2.05, 4.69) is 163 Å². The van der Waals surface area contributed by atoms with Crippen LogP contribution in [0, 0.1) is 33.5 Å². The minimum absolute atomic E-state index is 0.0715. The Hall–Kier alpha value is -3.16. The Morgan fingerprint density at radius 3 is 1.09 bits per heavy atom. The lowest BCUT2D eigenvalue weighted by atomic mass is 9.56. The van der Waals surface area contributed by atoms with E-state index in [1.54, 1.807) is 0 Å². The maximum atomic E-state index is 8.80. The Morgan fingerprint density at radius 1 is 0.444 bits per heavy atom. The molecule has 0 radical (unpaired) electrons. The van der Waals surface area contributed by atoms with E-state index >= 15 is 0 Å². The van der Waals surface area contributed by atoms with Gasteiger partial charge in [0.2, 0.25) is 0 Å². The minimum atomic E-state index is -0.519. The quantitative estimate of drug-likeness (QED) is 0.216. The third kappa shape index (κ3) is 3.39. The van der Waals surface area contributed by atoms with E-state index in [1.165, 1.54) is 47.9 Å². The second kappa shape index (κ2) is 9.68. The molecule has 8 atom stereocenters. The van der Waals surface area contributed by atoms with Crippen molar-refractivity contribution in [3.63, 3.8) is 0 Å². The first kappa shape index (κ1) is 29.3. The standard InChI is InChI=1S/C44H50O/c1-39(2)35-27-29-41(39,5)43(33-23-15-9-16-24-33,37(35)31-19-11-7-12-20-31)45-44(34-25-17-10-18-26-34)38(32-21-13-8-14-22-32)36-28-30-42(44,6)40(36,3)4/h7-26,35-38H,27-30H2,1-6H3. The fourth-order valence-electron chi connectivity index (χ4n) is 12.2. The number of ether oxygens (including phenoxy) is 1. The fourth-order valence-corrected chi connectivity index (χ4v) is 12.2. The van der Waals surface area contributed by atoms with E-state index in [0.717, 1.165) is 0 Å². The lowest BCUT2D eigenvalue weighted by Crippen LogP contribution is -2.59. The monoisotopic (exact) mass is 594 g/mol. The normalized spacial score (nSPS) is 38.9. The summed E-state index contributed by atoms with van der Waals surface area (Å²) >= 11 is 0. The molecule has 0 heterocycles. The molecule has 4 aromatic rings. The molecule has 4 aliphatic carbocycles. The molecule has 4 aliphatic rings. The highest BCUT2D eigenvalue weighted by atomic mass is 16.5. The van der Waals surface area contributed by atoms with Crippen molar-refractivity contribution in [3.8, 4) is 0 Å². The van der Waals surface area contributed by atoms with Crippen molar-refractivity contribution in [2.75, 3.05) is 0 Å². The Morgan fingerprint density at radius 2 is 0.756 bits per heavy atom. The summed E-state index contributed by atoms with van der Waals surface area (Å²) in [5.74, 6) is 1.54. The van der Waals surface area contributed by atoms with Gasteiger partial charge in [-0.3, -0.25) is 0 Å². The zero-order chi connectivity index (χ0) is 31.3.